The molecule has 2 aromatic rings. The molecule has 0 radical (unpaired) electrons. The predicted octanol–water partition coefficient (Wildman–Crippen LogP) is 1.18. The van der Waals surface area contributed by atoms with Gasteiger partial charge in [0.25, 0.3) is 5.56 Å². The van der Waals surface area contributed by atoms with Gasteiger partial charge < -0.3 is 9.84 Å². The highest BCUT2D eigenvalue weighted by molar-refractivity contribution is 5.78. The maximum Gasteiger partial charge on any atom is 0.261 e. The zero-order valence-electron chi connectivity index (χ0n) is 10.5. The Labute approximate surface area is 105 Å². The first-order valence-corrected chi connectivity index (χ1v) is 5.87. The van der Waals surface area contributed by atoms with Gasteiger partial charge in [-0.3, -0.25) is 9.36 Å². The molecule has 0 unspecified atom stereocenters. The second-order valence-electron chi connectivity index (χ2n) is 4.15. The first-order valence-electron chi connectivity index (χ1n) is 5.87. The lowest BCUT2D eigenvalue weighted by Crippen LogP contribution is -2.26. The minimum absolute atomic E-state index is 0.161. The second kappa shape index (κ2) is 5.18. The summed E-state index contributed by atoms with van der Waals surface area (Å²) in [5.74, 6) is 0.621. The van der Waals surface area contributed by atoms with Crippen LogP contribution in [0.3, 0.4) is 0 Å². The Balaban J connectivity index is 2.51. The van der Waals surface area contributed by atoms with Crippen molar-refractivity contribution in [2.75, 3.05) is 7.11 Å². The minimum Gasteiger partial charge on any atom is -0.497 e. The molecule has 1 aromatic carbocycles. The van der Waals surface area contributed by atoms with Gasteiger partial charge in [0, 0.05) is 0 Å². The molecule has 5 nitrogen and oxygen atoms in total. The number of nitrogens with zero attached hydrogens (tertiary/aromatic N) is 2. The fourth-order valence-electron chi connectivity index (χ4n) is 1.75. The highest BCUT2D eigenvalue weighted by Crippen LogP contribution is 2.15. The van der Waals surface area contributed by atoms with Gasteiger partial charge in [0.15, 0.2) is 0 Å². The summed E-state index contributed by atoms with van der Waals surface area (Å²) in [6.45, 7) is 2.13. The molecule has 1 N–H and O–H groups in total. The summed E-state index contributed by atoms with van der Waals surface area (Å²) in [4.78, 5) is 16.4. The van der Waals surface area contributed by atoms with Crippen molar-refractivity contribution in [2.45, 2.75) is 26.0 Å². The van der Waals surface area contributed by atoms with E-state index in [0.29, 0.717) is 23.1 Å². The molecule has 1 heterocycles. The number of benzene rings is 1. The average Bonchev–Trinajstić information content (AvgIpc) is 2.41. The van der Waals surface area contributed by atoms with Crippen LogP contribution >= 0.6 is 0 Å². The number of aliphatic hydroxyl groups excluding tert-OH is 1. The van der Waals surface area contributed by atoms with Gasteiger partial charge in [0.1, 0.15) is 5.75 Å². The Morgan fingerprint density at radius 1 is 1.50 bits per heavy atom. The number of methoxy groups -OCH3 is 1. The fourth-order valence-corrected chi connectivity index (χ4v) is 1.75. The lowest BCUT2D eigenvalue weighted by molar-refractivity contribution is 0.148. The number of fused-ring (bicyclic) bond motifs is 1. The first kappa shape index (κ1) is 12.6. The van der Waals surface area contributed by atoms with Crippen molar-refractivity contribution >= 4 is 10.9 Å². The van der Waals surface area contributed by atoms with E-state index in [2.05, 4.69) is 4.98 Å². The summed E-state index contributed by atoms with van der Waals surface area (Å²) >= 11 is 0. The van der Waals surface area contributed by atoms with Crippen LogP contribution < -0.4 is 10.3 Å². The third-order valence-electron chi connectivity index (χ3n) is 2.91. The molecule has 0 fully saturated rings. The van der Waals surface area contributed by atoms with Gasteiger partial charge in [0.2, 0.25) is 0 Å². The average molecular weight is 248 g/mol. The molecule has 0 aliphatic heterocycles. The van der Waals surface area contributed by atoms with Crippen molar-refractivity contribution in [3.63, 3.8) is 0 Å². The first-order chi connectivity index (χ1) is 8.65. The van der Waals surface area contributed by atoms with Crippen LogP contribution in [0.15, 0.2) is 29.3 Å². The number of ether oxygens (including phenoxy) is 1. The Morgan fingerprint density at radius 3 is 2.94 bits per heavy atom. The lowest BCUT2D eigenvalue weighted by atomic mass is 10.2. The summed E-state index contributed by atoms with van der Waals surface area (Å²) < 4.78 is 6.52. The van der Waals surface area contributed by atoms with Crippen LogP contribution in [0.4, 0.5) is 0 Å². The molecule has 96 valence electrons. The zero-order chi connectivity index (χ0) is 13.1. The highest BCUT2D eigenvalue weighted by Gasteiger charge is 2.08. The van der Waals surface area contributed by atoms with Crippen LogP contribution in [-0.4, -0.2) is 27.9 Å². The van der Waals surface area contributed by atoms with E-state index in [1.807, 2.05) is 6.92 Å². The molecule has 0 saturated carbocycles. The van der Waals surface area contributed by atoms with E-state index in [1.54, 1.807) is 25.3 Å². The normalized spacial score (nSPS) is 12.6. The molecular formula is C13H16N2O3. The molecule has 0 spiro atoms. The Morgan fingerprint density at radius 2 is 2.28 bits per heavy atom. The van der Waals surface area contributed by atoms with E-state index in [9.17, 15) is 9.90 Å². The molecule has 5 heteroatoms. The van der Waals surface area contributed by atoms with Gasteiger partial charge >= 0.3 is 0 Å². The van der Waals surface area contributed by atoms with Crippen LogP contribution in [-0.2, 0) is 6.54 Å². The molecule has 18 heavy (non-hydrogen) atoms. The molecule has 0 amide bonds. The number of aliphatic hydroxyl groups is 1. The molecule has 0 saturated heterocycles. The van der Waals surface area contributed by atoms with E-state index >= 15 is 0 Å². The van der Waals surface area contributed by atoms with Gasteiger partial charge in [-0.25, -0.2) is 4.98 Å². The minimum atomic E-state index is -0.535. The van der Waals surface area contributed by atoms with Gasteiger partial charge in [-0.05, 0) is 24.6 Å². The van der Waals surface area contributed by atoms with Crippen molar-refractivity contribution < 1.29 is 9.84 Å². The largest absolute Gasteiger partial charge is 0.497 e. The van der Waals surface area contributed by atoms with Crippen LogP contribution in [0.25, 0.3) is 10.9 Å². The maximum atomic E-state index is 12.2. The summed E-state index contributed by atoms with van der Waals surface area (Å²) in [5, 5.41) is 10.1. The van der Waals surface area contributed by atoms with E-state index in [0.717, 1.165) is 0 Å². The molecule has 0 bridgehead atoms. The fraction of sp³-hybridized carbons (Fsp3) is 0.385. The lowest BCUT2D eigenvalue weighted by Gasteiger charge is -2.10. The predicted molar refractivity (Wildman–Crippen MR) is 68.9 cm³/mol. The van der Waals surface area contributed by atoms with Crippen LogP contribution in [0.5, 0.6) is 5.75 Å². The number of rotatable bonds is 4. The molecule has 0 aliphatic carbocycles. The summed E-state index contributed by atoms with van der Waals surface area (Å²) in [5.41, 5.74) is 0.467. The molecule has 0 aliphatic rings. The molecular weight excluding hydrogens is 232 g/mol. The number of aromatic nitrogens is 2. The van der Waals surface area contributed by atoms with Crippen molar-refractivity contribution in [3.8, 4) is 5.75 Å². The monoisotopic (exact) mass is 248 g/mol. The van der Waals surface area contributed by atoms with Crippen molar-refractivity contribution in [3.05, 3.63) is 34.9 Å². The van der Waals surface area contributed by atoms with Gasteiger partial charge in [-0.2, -0.15) is 0 Å². The third-order valence-corrected chi connectivity index (χ3v) is 2.91. The van der Waals surface area contributed by atoms with Crippen molar-refractivity contribution in [1.29, 1.82) is 0 Å². The summed E-state index contributed by atoms with van der Waals surface area (Å²) in [6.07, 6.45) is 1.53. The quantitative estimate of drug-likeness (QED) is 0.882. The second-order valence-corrected chi connectivity index (χ2v) is 4.15. The van der Waals surface area contributed by atoms with Crippen molar-refractivity contribution in [1.82, 2.24) is 9.55 Å². The van der Waals surface area contributed by atoms with Gasteiger partial charge in [-0.1, -0.05) is 6.92 Å². The smallest absolute Gasteiger partial charge is 0.261 e. The van der Waals surface area contributed by atoms with Crippen LogP contribution in [0.1, 0.15) is 13.3 Å². The Kier molecular flexibility index (Phi) is 3.62. The number of hydrogen-bond acceptors (Lipinski definition) is 4. The van der Waals surface area contributed by atoms with Gasteiger partial charge in [-0.15, -0.1) is 0 Å². The van der Waals surface area contributed by atoms with E-state index in [4.69, 9.17) is 4.74 Å². The van der Waals surface area contributed by atoms with Crippen LogP contribution in [0.2, 0.25) is 0 Å². The standard InChI is InChI=1S/C13H16N2O3/c1-3-9(16)7-15-8-14-12-5-4-10(18-2)6-11(12)13(15)17/h4-6,8-9,16H,3,7H2,1-2H3/t9-/m0/s1. The highest BCUT2D eigenvalue weighted by atomic mass is 16.5. The number of hydrogen-bond donors (Lipinski definition) is 1. The SMILES string of the molecule is CC[C@H](O)Cn1cnc2ccc(OC)cc2c1=O. The Hall–Kier alpha value is -1.88. The van der Waals surface area contributed by atoms with E-state index in [-0.39, 0.29) is 12.1 Å². The summed E-state index contributed by atoms with van der Waals surface area (Å²) in [6, 6.07) is 5.18. The third kappa shape index (κ3) is 2.36. The molecule has 1 atom stereocenters. The molecule has 2 rings (SSSR count). The summed E-state index contributed by atoms with van der Waals surface area (Å²) in [7, 11) is 1.55. The zero-order valence-corrected chi connectivity index (χ0v) is 10.5. The maximum absolute atomic E-state index is 12.2. The van der Waals surface area contributed by atoms with Crippen molar-refractivity contribution in [2.24, 2.45) is 0 Å². The van der Waals surface area contributed by atoms with Gasteiger partial charge in [0.05, 0.1) is 37.0 Å². The van der Waals surface area contributed by atoms with Crippen LogP contribution in [0, 0.1) is 0 Å². The van der Waals surface area contributed by atoms with E-state index in [1.165, 1.54) is 10.9 Å². The molecule has 1 aromatic heterocycles. The Bertz CT molecular complexity index is 607. The van der Waals surface area contributed by atoms with E-state index < -0.39 is 6.10 Å². The topological polar surface area (TPSA) is 64.3 Å².